The molecule has 0 amide bonds. The molecule has 3 nitrogen and oxygen atoms in total. The van der Waals surface area contributed by atoms with Crippen LogP contribution in [-0.2, 0) is 12.7 Å². The topological polar surface area (TPSA) is 30.7 Å². The van der Waals surface area contributed by atoms with Crippen molar-refractivity contribution in [1.29, 1.82) is 0 Å². The number of thiazole rings is 1. The van der Waals surface area contributed by atoms with Crippen LogP contribution in [-0.4, -0.2) is 14.8 Å². The molecule has 0 aliphatic carbocycles. The second-order valence-corrected chi connectivity index (χ2v) is 5.26. The predicted octanol–water partition coefficient (Wildman–Crippen LogP) is 4.07. The van der Waals surface area contributed by atoms with Gasteiger partial charge in [0.25, 0.3) is 0 Å². The molecule has 0 aliphatic rings. The normalized spacial score (nSPS) is 11.8. The van der Waals surface area contributed by atoms with E-state index in [-0.39, 0.29) is 6.54 Å². The molecule has 0 spiro atoms. The number of rotatable bonds is 3. The van der Waals surface area contributed by atoms with Crippen molar-refractivity contribution in [2.45, 2.75) is 12.7 Å². The SMILES string of the molecule is FC(F)(F)c1ccn(Cc2csc(-c3ccccc3)n2)n1. The molecule has 7 heteroatoms. The second kappa shape index (κ2) is 5.33. The fourth-order valence-corrected chi connectivity index (χ4v) is 2.68. The molecule has 21 heavy (non-hydrogen) atoms. The molecule has 0 saturated carbocycles. The van der Waals surface area contributed by atoms with Crippen LogP contribution in [0.2, 0.25) is 0 Å². The lowest BCUT2D eigenvalue weighted by Crippen LogP contribution is -2.08. The van der Waals surface area contributed by atoms with Gasteiger partial charge in [0.1, 0.15) is 5.01 Å². The van der Waals surface area contributed by atoms with Crippen molar-refractivity contribution in [3.63, 3.8) is 0 Å². The number of benzene rings is 1. The summed E-state index contributed by atoms with van der Waals surface area (Å²) >= 11 is 1.46. The molecule has 0 N–H and O–H groups in total. The van der Waals surface area contributed by atoms with Gasteiger partial charge < -0.3 is 0 Å². The number of hydrogen-bond donors (Lipinski definition) is 0. The molecule has 3 rings (SSSR count). The van der Waals surface area contributed by atoms with Crippen LogP contribution in [0.1, 0.15) is 11.4 Å². The van der Waals surface area contributed by atoms with E-state index in [4.69, 9.17) is 0 Å². The van der Waals surface area contributed by atoms with E-state index in [9.17, 15) is 13.2 Å². The highest BCUT2D eigenvalue weighted by atomic mass is 32.1. The van der Waals surface area contributed by atoms with Gasteiger partial charge in [-0.3, -0.25) is 4.68 Å². The fraction of sp³-hybridized carbons (Fsp3) is 0.143. The summed E-state index contributed by atoms with van der Waals surface area (Å²) in [6, 6.07) is 10.6. The molecule has 108 valence electrons. The van der Waals surface area contributed by atoms with Crippen molar-refractivity contribution < 1.29 is 13.2 Å². The smallest absolute Gasteiger partial charge is 0.266 e. The molecule has 2 heterocycles. The number of nitrogens with zero attached hydrogens (tertiary/aromatic N) is 3. The van der Waals surface area contributed by atoms with Gasteiger partial charge in [-0.25, -0.2) is 4.98 Å². The monoisotopic (exact) mass is 309 g/mol. The molecule has 0 saturated heterocycles. The van der Waals surface area contributed by atoms with E-state index in [0.29, 0.717) is 5.69 Å². The van der Waals surface area contributed by atoms with Crippen molar-refractivity contribution in [2.24, 2.45) is 0 Å². The number of aromatic nitrogens is 3. The molecular formula is C14H10F3N3S. The van der Waals surface area contributed by atoms with E-state index in [2.05, 4.69) is 10.1 Å². The lowest BCUT2D eigenvalue weighted by Gasteiger charge is -2.01. The van der Waals surface area contributed by atoms with Gasteiger partial charge in [-0.15, -0.1) is 11.3 Å². The summed E-state index contributed by atoms with van der Waals surface area (Å²) in [6.07, 6.45) is -3.10. The third-order valence-electron chi connectivity index (χ3n) is 2.83. The highest BCUT2D eigenvalue weighted by Crippen LogP contribution is 2.28. The van der Waals surface area contributed by atoms with E-state index >= 15 is 0 Å². The van der Waals surface area contributed by atoms with Gasteiger partial charge in [-0.05, 0) is 6.07 Å². The minimum atomic E-state index is -4.41. The molecule has 0 fully saturated rings. The Kier molecular flexibility index (Phi) is 3.50. The largest absolute Gasteiger partial charge is 0.435 e. The first-order valence-electron chi connectivity index (χ1n) is 6.13. The van der Waals surface area contributed by atoms with Crippen LogP contribution in [0, 0.1) is 0 Å². The van der Waals surface area contributed by atoms with Crippen LogP contribution < -0.4 is 0 Å². The van der Waals surface area contributed by atoms with Gasteiger partial charge in [0.05, 0.1) is 12.2 Å². The average molecular weight is 309 g/mol. The Morgan fingerprint density at radius 3 is 2.52 bits per heavy atom. The van der Waals surface area contributed by atoms with Crippen LogP contribution >= 0.6 is 11.3 Å². The average Bonchev–Trinajstić information content (AvgIpc) is 3.09. The summed E-state index contributed by atoms with van der Waals surface area (Å²) < 4.78 is 38.7. The van der Waals surface area contributed by atoms with Gasteiger partial charge in [0, 0.05) is 17.1 Å². The molecule has 0 atom stereocenters. The van der Waals surface area contributed by atoms with Crippen molar-refractivity contribution in [3.8, 4) is 10.6 Å². The molecule has 0 bridgehead atoms. The van der Waals surface area contributed by atoms with Gasteiger partial charge in [0.15, 0.2) is 5.69 Å². The van der Waals surface area contributed by atoms with Gasteiger partial charge >= 0.3 is 6.18 Å². The molecule has 1 aromatic carbocycles. The number of hydrogen-bond acceptors (Lipinski definition) is 3. The summed E-state index contributed by atoms with van der Waals surface area (Å²) in [4.78, 5) is 4.42. The van der Waals surface area contributed by atoms with Gasteiger partial charge in [-0.1, -0.05) is 30.3 Å². The first-order chi connectivity index (χ1) is 10.0. The Hall–Kier alpha value is -2.15. The zero-order valence-electron chi connectivity index (χ0n) is 10.7. The Bertz CT molecular complexity index is 731. The fourth-order valence-electron chi connectivity index (χ4n) is 1.86. The summed E-state index contributed by atoms with van der Waals surface area (Å²) in [5, 5.41) is 6.19. The highest BCUT2D eigenvalue weighted by Gasteiger charge is 2.33. The van der Waals surface area contributed by atoms with Crippen molar-refractivity contribution in [3.05, 3.63) is 59.4 Å². The van der Waals surface area contributed by atoms with E-state index < -0.39 is 11.9 Å². The number of alkyl halides is 3. The Morgan fingerprint density at radius 1 is 1.10 bits per heavy atom. The Morgan fingerprint density at radius 2 is 1.86 bits per heavy atom. The second-order valence-electron chi connectivity index (χ2n) is 4.41. The lowest BCUT2D eigenvalue weighted by molar-refractivity contribution is -0.141. The summed E-state index contributed by atoms with van der Waals surface area (Å²) in [6.45, 7) is 0.222. The van der Waals surface area contributed by atoms with Crippen LogP contribution in [0.4, 0.5) is 13.2 Å². The molecule has 0 unspecified atom stereocenters. The van der Waals surface area contributed by atoms with Gasteiger partial charge in [0.2, 0.25) is 0 Å². The maximum absolute atomic E-state index is 12.5. The highest BCUT2D eigenvalue weighted by molar-refractivity contribution is 7.13. The third-order valence-corrected chi connectivity index (χ3v) is 3.77. The van der Waals surface area contributed by atoms with Crippen molar-refractivity contribution >= 4 is 11.3 Å². The summed E-state index contributed by atoms with van der Waals surface area (Å²) in [5.41, 5.74) is 0.793. The van der Waals surface area contributed by atoms with E-state index in [1.165, 1.54) is 22.2 Å². The Balaban J connectivity index is 1.77. The molecule has 0 radical (unpaired) electrons. The maximum Gasteiger partial charge on any atom is 0.435 e. The third kappa shape index (κ3) is 3.13. The van der Waals surface area contributed by atoms with Crippen molar-refractivity contribution in [1.82, 2.24) is 14.8 Å². The summed E-state index contributed by atoms with van der Waals surface area (Å²) in [7, 11) is 0. The first kappa shape index (κ1) is 13.8. The molecular weight excluding hydrogens is 299 g/mol. The summed E-state index contributed by atoms with van der Waals surface area (Å²) in [5.74, 6) is 0. The maximum atomic E-state index is 12.5. The molecule has 2 aromatic heterocycles. The Labute approximate surface area is 122 Å². The van der Waals surface area contributed by atoms with Crippen LogP contribution in [0.25, 0.3) is 10.6 Å². The minimum Gasteiger partial charge on any atom is -0.266 e. The quantitative estimate of drug-likeness (QED) is 0.730. The minimum absolute atomic E-state index is 0.222. The zero-order chi connectivity index (χ0) is 14.9. The predicted molar refractivity (Wildman–Crippen MR) is 73.9 cm³/mol. The van der Waals surface area contributed by atoms with E-state index in [1.807, 2.05) is 35.7 Å². The zero-order valence-corrected chi connectivity index (χ0v) is 11.5. The number of halogens is 3. The first-order valence-corrected chi connectivity index (χ1v) is 7.01. The molecule has 3 aromatic rings. The standard InChI is InChI=1S/C14H10F3N3S/c15-14(16,17)12-6-7-20(19-12)8-11-9-21-13(18-11)10-4-2-1-3-5-10/h1-7,9H,8H2. The van der Waals surface area contributed by atoms with Gasteiger partial charge in [-0.2, -0.15) is 18.3 Å². The van der Waals surface area contributed by atoms with Crippen molar-refractivity contribution in [2.75, 3.05) is 0 Å². The van der Waals surface area contributed by atoms with Crippen LogP contribution in [0.5, 0.6) is 0 Å². The van der Waals surface area contributed by atoms with Crippen LogP contribution in [0.15, 0.2) is 48.0 Å². The van der Waals surface area contributed by atoms with E-state index in [1.54, 1.807) is 0 Å². The van der Waals surface area contributed by atoms with Crippen LogP contribution in [0.3, 0.4) is 0 Å². The lowest BCUT2D eigenvalue weighted by atomic mass is 10.2. The van der Waals surface area contributed by atoms with E-state index in [0.717, 1.165) is 16.6 Å². The molecule has 0 aliphatic heterocycles.